The van der Waals surface area contributed by atoms with Gasteiger partial charge in [-0.15, -0.1) is 5.10 Å². The summed E-state index contributed by atoms with van der Waals surface area (Å²) in [4.78, 5) is 2.31. The monoisotopic (exact) mass is 250 g/mol. The van der Waals surface area contributed by atoms with Crippen molar-refractivity contribution >= 4 is 6.01 Å². The largest absolute Gasteiger partial charge is 0.406 e. The third-order valence-electron chi connectivity index (χ3n) is 4.31. The first kappa shape index (κ1) is 12.0. The molecule has 2 atom stereocenters. The fourth-order valence-corrected chi connectivity index (χ4v) is 3.39. The molecule has 5 heteroatoms. The van der Waals surface area contributed by atoms with E-state index in [9.17, 15) is 0 Å². The highest BCUT2D eigenvalue weighted by Crippen LogP contribution is 2.37. The number of hydrogen-bond acceptors (Lipinski definition) is 5. The van der Waals surface area contributed by atoms with E-state index in [1.165, 1.54) is 38.5 Å². The van der Waals surface area contributed by atoms with Crippen molar-refractivity contribution in [2.24, 2.45) is 11.7 Å². The summed E-state index contributed by atoms with van der Waals surface area (Å²) < 4.78 is 5.70. The molecule has 0 radical (unpaired) electrons. The Balaban J connectivity index is 1.76. The minimum atomic E-state index is -0.182. The highest BCUT2D eigenvalue weighted by Gasteiger charge is 2.35. The molecule has 0 spiro atoms. The Bertz CT molecular complexity index is 397. The summed E-state index contributed by atoms with van der Waals surface area (Å²) in [7, 11) is 0. The second-order valence-corrected chi connectivity index (χ2v) is 5.66. The molecule has 5 nitrogen and oxygen atoms in total. The molecule has 2 N–H and O–H groups in total. The zero-order valence-corrected chi connectivity index (χ0v) is 11.0. The molecule has 1 aliphatic heterocycles. The SMILES string of the molecule is CC(N)c1nnc(N2CCCC2C2CCCC2)o1. The number of anilines is 1. The van der Waals surface area contributed by atoms with Crippen LogP contribution in [0.3, 0.4) is 0 Å². The van der Waals surface area contributed by atoms with Crippen LogP contribution in [0.15, 0.2) is 4.42 Å². The maximum atomic E-state index is 5.77. The zero-order valence-electron chi connectivity index (χ0n) is 11.0. The maximum Gasteiger partial charge on any atom is 0.318 e. The Labute approximate surface area is 108 Å². The minimum absolute atomic E-state index is 0.182. The molecule has 2 heterocycles. The van der Waals surface area contributed by atoms with Crippen molar-refractivity contribution in [2.75, 3.05) is 11.4 Å². The average Bonchev–Trinajstić information content (AvgIpc) is 3.10. The van der Waals surface area contributed by atoms with E-state index in [2.05, 4.69) is 15.1 Å². The smallest absolute Gasteiger partial charge is 0.318 e. The van der Waals surface area contributed by atoms with Gasteiger partial charge < -0.3 is 15.1 Å². The van der Waals surface area contributed by atoms with Crippen LogP contribution >= 0.6 is 0 Å². The molecule has 100 valence electrons. The normalized spacial score (nSPS) is 27.0. The van der Waals surface area contributed by atoms with Crippen molar-refractivity contribution < 1.29 is 4.42 Å². The van der Waals surface area contributed by atoms with Crippen LogP contribution in [0.25, 0.3) is 0 Å². The molecular weight excluding hydrogens is 228 g/mol. The third-order valence-corrected chi connectivity index (χ3v) is 4.31. The van der Waals surface area contributed by atoms with E-state index in [1.54, 1.807) is 0 Å². The lowest BCUT2D eigenvalue weighted by molar-refractivity contribution is 0.397. The fraction of sp³-hybridized carbons (Fsp3) is 0.846. The number of aromatic nitrogens is 2. The quantitative estimate of drug-likeness (QED) is 0.891. The van der Waals surface area contributed by atoms with E-state index in [0.29, 0.717) is 17.9 Å². The summed E-state index contributed by atoms with van der Waals surface area (Å²) in [6, 6.07) is 1.10. The Morgan fingerprint density at radius 2 is 2.00 bits per heavy atom. The van der Waals surface area contributed by atoms with Gasteiger partial charge in [-0.05, 0) is 38.5 Å². The zero-order chi connectivity index (χ0) is 12.5. The molecule has 0 bridgehead atoms. The van der Waals surface area contributed by atoms with Gasteiger partial charge in [0.15, 0.2) is 0 Å². The Kier molecular flexibility index (Phi) is 3.24. The molecule has 1 saturated heterocycles. The van der Waals surface area contributed by atoms with Crippen LogP contribution < -0.4 is 10.6 Å². The van der Waals surface area contributed by atoms with Gasteiger partial charge in [0, 0.05) is 12.6 Å². The molecule has 1 aromatic heterocycles. The Hall–Kier alpha value is -1.10. The summed E-state index contributed by atoms with van der Waals surface area (Å²) >= 11 is 0. The van der Waals surface area contributed by atoms with Gasteiger partial charge >= 0.3 is 6.01 Å². The van der Waals surface area contributed by atoms with Crippen molar-refractivity contribution in [1.29, 1.82) is 0 Å². The van der Waals surface area contributed by atoms with Crippen molar-refractivity contribution in [1.82, 2.24) is 10.2 Å². The van der Waals surface area contributed by atoms with Gasteiger partial charge in [0.05, 0.1) is 6.04 Å². The standard InChI is InChI=1S/C13H22N4O/c1-9(14)12-15-16-13(18-12)17-8-4-7-11(17)10-5-2-3-6-10/h9-11H,2-8,14H2,1H3. The molecule has 1 aliphatic carbocycles. The van der Waals surface area contributed by atoms with Gasteiger partial charge in [0.2, 0.25) is 5.89 Å². The van der Waals surface area contributed by atoms with Crippen LogP contribution in [0.2, 0.25) is 0 Å². The third kappa shape index (κ3) is 2.11. The Morgan fingerprint density at radius 3 is 2.67 bits per heavy atom. The average molecular weight is 250 g/mol. The van der Waals surface area contributed by atoms with E-state index >= 15 is 0 Å². The van der Waals surface area contributed by atoms with Crippen LogP contribution in [-0.2, 0) is 0 Å². The fourth-order valence-electron chi connectivity index (χ4n) is 3.39. The molecule has 2 unspecified atom stereocenters. The van der Waals surface area contributed by atoms with Gasteiger partial charge in [-0.25, -0.2) is 0 Å². The number of hydrogen-bond donors (Lipinski definition) is 1. The summed E-state index contributed by atoms with van der Waals surface area (Å²) in [6.45, 7) is 2.91. The van der Waals surface area contributed by atoms with Crippen molar-refractivity contribution in [3.05, 3.63) is 5.89 Å². The number of nitrogens with zero attached hydrogens (tertiary/aromatic N) is 3. The molecular formula is C13H22N4O. The second kappa shape index (κ2) is 4.88. The first-order valence-corrected chi connectivity index (χ1v) is 7.11. The molecule has 0 amide bonds. The lowest BCUT2D eigenvalue weighted by atomic mass is 9.96. The highest BCUT2D eigenvalue weighted by atomic mass is 16.4. The molecule has 2 aliphatic rings. The van der Waals surface area contributed by atoms with Gasteiger partial charge in [0.1, 0.15) is 0 Å². The van der Waals surface area contributed by atoms with E-state index in [0.717, 1.165) is 12.5 Å². The molecule has 1 aromatic rings. The lowest BCUT2D eigenvalue weighted by Gasteiger charge is -2.27. The lowest BCUT2D eigenvalue weighted by Crippen LogP contribution is -2.34. The second-order valence-electron chi connectivity index (χ2n) is 5.66. The first-order chi connectivity index (χ1) is 8.75. The van der Waals surface area contributed by atoms with E-state index in [4.69, 9.17) is 10.2 Å². The van der Waals surface area contributed by atoms with Gasteiger partial charge in [-0.1, -0.05) is 17.9 Å². The van der Waals surface area contributed by atoms with Gasteiger partial charge in [-0.2, -0.15) is 0 Å². The van der Waals surface area contributed by atoms with Crippen molar-refractivity contribution in [2.45, 2.75) is 57.5 Å². The summed E-state index contributed by atoms with van der Waals surface area (Å²) in [6.07, 6.45) is 7.97. The van der Waals surface area contributed by atoms with E-state index < -0.39 is 0 Å². The summed E-state index contributed by atoms with van der Waals surface area (Å²) in [5.74, 6) is 1.36. The molecule has 1 saturated carbocycles. The molecule has 0 aromatic carbocycles. The maximum absolute atomic E-state index is 5.77. The van der Waals surface area contributed by atoms with Gasteiger partial charge in [-0.3, -0.25) is 0 Å². The van der Waals surface area contributed by atoms with Crippen LogP contribution in [-0.4, -0.2) is 22.8 Å². The minimum Gasteiger partial charge on any atom is -0.406 e. The highest BCUT2D eigenvalue weighted by molar-refractivity contribution is 5.29. The topological polar surface area (TPSA) is 68.2 Å². The van der Waals surface area contributed by atoms with E-state index in [-0.39, 0.29) is 6.04 Å². The van der Waals surface area contributed by atoms with Crippen molar-refractivity contribution in [3.8, 4) is 0 Å². The predicted molar refractivity (Wildman–Crippen MR) is 69.2 cm³/mol. The van der Waals surface area contributed by atoms with Crippen LogP contribution in [0.5, 0.6) is 0 Å². The Morgan fingerprint density at radius 1 is 1.22 bits per heavy atom. The molecule has 2 fully saturated rings. The summed E-state index contributed by atoms with van der Waals surface area (Å²) in [5.41, 5.74) is 5.77. The summed E-state index contributed by atoms with van der Waals surface area (Å²) in [5, 5.41) is 8.21. The molecule has 3 rings (SSSR count). The molecule has 18 heavy (non-hydrogen) atoms. The number of nitrogens with two attached hydrogens (primary N) is 1. The first-order valence-electron chi connectivity index (χ1n) is 7.11. The van der Waals surface area contributed by atoms with Crippen LogP contribution in [0, 0.1) is 5.92 Å². The van der Waals surface area contributed by atoms with Crippen LogP contribution in [0.4, 0.5) is 6.01 Å². The van der Waals surface area contributed by atoms with Crippen LogP contribution in [0.1, 0.15) is 57.4 Å². The van der Waals surface area contributed by atoms with E-state index in [1.807, 2.05) is 6.92 Å². The number of rotatable bonds is 3. The van der Waals surface area contributed by atoms with Crippen molar-refractivity contribution in [3.63, 3.8) is 0 Å². The van der Waals surface area contributed by atoms with Gasteiger partial charge in [0.25, 0.3) is 0 Å². The predicted octanol–water partition coefficient (Wildman–Crippen LogP) is 2.25.